The van der Waals surface area contributed by atoms with Gasteiger partial charge in [-0.1, -0.05) is 23.2 Å². The van der Waals surface area contributed by atoms with E-state index >= 15 is 0 Å². The fourth-order valence-electron chi connectivity index (χ4n) is 1.76. The first-order chi connectivity index (χ1) is 10.6. The van der Waals surface area contributed by atoms with Crippen LogP contribution in [0.3, 0.4) is 0 Å². The summed E-state index contributed by atoms with van der Waals surface area (Å²) in [5.74, 6) is -0.451. The number of alkyl halides is 3. The van der Waals surface area contributed by atoms with Crippen LogP contribution < -0.4 is 5.73 Å². The van der Waals surface area contributed by atoms with Crippen molar-refractivity contribution in [2.45, 2.75) is 16.8 Å². The molecule has 0 aliphatic heterocycles. The number of nitrogens with two attached hydrogens (primary N) is 1. The molecule has 2 rings (SSSR count). The van der Waals surface area contributed by atoms with Gasteiger partial charge in [0.15, 0.2) is 11.5 Å². The number of nitrogens with zero attached hydrogens (tertiary/aromatic N) is 2. The molecule has 0 bridgehead atoms. The summed E-state index contributed by atoms with van der Waals surface area (Å²) < 4.78 is 50.4. The molecule has 23 heavy (non-hydrogen) atoms. The molecule has 122 valence electrons. The molecule has 0 saturated heterocycles. The second kappa shape index (κ2) is 6.39. The molecule has 0 amide bonds. The molecule has 1 aromatic carbocycles. The van der Waals surface area contributed by atoms with E-state index in [0.29, 0.717) is 12.1 Å². The van der Waals surface area contributed by atoms with E-state index in [9.17, 15) is 17.4 Å². The average Bonchev–Trinajstić information content (AvgIpc) is 2.82. The highest BCUT2D eigenvalue weighted by Gasteiger charge is 2.32. The summed E-state index contributed by atoms with van der Waals surface area (Å²) in [4.78, 5) is -0.0421. The van der Waals surface area contributed by atoms with Crippen LogP contribution in [0.1, 0.15) is 16.8 Å². The van der Waals surface area contributed by atoms with Crippen LogP contribution in [0.5, 0.6) is 0 Å². The van der Waals surface area contributed by atoms with Gasteiger partial charge in [0.05, 0.1) is 22.1 Å². The summed E-state index contributed by atoms with van der Waals surface area (Å²) in [6.07, 6.45) is -4.60. The molecule has 5 nitrogen and oxygen atoms in total. The number of nitrogens with one attached hydrogen (secondary N) is 1. The highest BCUT2D eigenvalue weighted by Crippen LogP contribution is 2.37. The number of benzene rings is 1. The summed E-state index contributed by atoms with van der Waals surface area (Å²) in [5.41, 5.74) is 4.48. The standard InChI is InChI=1S/C12H7Cl2F3N4OS/c13-7-1-5(12(15,16)17)2-8(14)6(7)4-23(22)10-9(3-18)20-21-11(10)19/h1-2H,4H2,(H3,19,20,21). The summed E-state index contributed by atoms with van der Waals surface area (Å²) in [5, 5.41) is 14.2. The number of nitriles is 1. The van der Waals surface area contributed by atoms with E-state index in [1.54, 1.807) is 6.07 Å². The van der Waals surface area contributed by atoms with Gasteiger partial charge in [-0.05, 0) is 12.1 Å². The van der Waals surface area contributed by atoms with Crippen molar-refractivity contribution in [1.29, 1.82) is 5.26 Å². The smallest absolute Gasteiger partial charge is 0.381 e. The van der Waals surface area contributed by atoms with Crippen LogP contribution in [-0.4, -0.2) is 14.4 Å². The summed E-state index contributed by atoms with van der Waals surface area (Å²) in [6.45, 7) is 0. The predicted octanol–water partition coefficient (Wildman–Crippen LogP) is 3.50. The monoisotopic (exact) mass is 382 g/mol. The van der Waals surface area contributed by atoms with Crippen LogP contribution in [0.15, 0.2) is 17.0 Å². The Morgan fingerprint density at radius 2 is 1.91 bits per heavy atom. The fourth-order valence-corrected chi connectivity index (χ4v) is 3.85. The quantitative estimate of drug-likeness (QED) is 0.848. The minimum Gasteiger partial charge on any atom is -0.381 e. The van der Waals surface area contributed by atoms with Gasteiger partial charge < -0.3 is 5.73 Å². The van der Waals surface area contributed by atoms with Gasteiger partial charge in [0, 0.05) is 15.6 Å². The summed E-state index contributed by atoms with van der Waals surface area (Å²) in [7, 11) is -1.87. The summed E-state index contributed by atoms with van der Waals surface area (Å²) in [6, 6.07) is 3.13. The minimum absolute atomic E-state index is 0.0421. The molecule has 1 aromatic heterocycles. The van der Waals surface area contributed by atoms with Crippen LogP contribution in [-0.2, 0) is 22.7 Å². The molecular formula is C12H7Cl2F3N4OS. The van der Waals surface area contributed by atoms with E-state index in [2.05, 4.69) is 10.2 Å². The van der Waals surface area contributed by atoms with Gasteiger partial charge in [0.2, 0.25) is 0 Å². The molecule has 1 heterocycles. The Morgan fingerprint density at radius 1 is 1.35 bits per heavy atom. The van der Waals surface area contributed by atoms with E-state index in [1.165, 1.54) is 0 Å². The molecule has 1 unspecified atom stereocenters. The number of aromatic nitrogens is 2. The Labute approximate surface area is 140 Å². The lowest BCUT2D eigenvalue weighted by molar-refractivity contribution is -0.137. The maximum absolute atomic E-state index is 12.7. The zero-order valence-electron chi connectivity index (χ0n) is 11.0. The molecular weight excluding hydrogens is 376 g/mol. The maximum Gasteiger partial charge on any atom is 0.416 e. The number of anilines is 1. The van der Waals surface area contributed by atoms with Crippen molar-refractivity contribution in [3.8, 4) is 6.07 Å². The van der Waals surface area contributed by atoms with E-state index in [0.717, 1.165) is 0 Å². The second-order valence-electron chi connectivity index (χ2n) is 4.33. The lowest BCUT2D eigenvalue weighted by Gasteiger charge is -2.12. The van der Waals surface area contributed by atoms with Crippen molar-refractivity contribution >= 4 is 39.8 Å². The molecule has 0 aliphatic rings. The van der Waals surface area contributed by atoms with Crippen LogP contribution in [0.4, 0.5) is 19.0 Å². The number of hydrogen-bond donors (Lipinski definition) is 2. The number of rotatable bonds is 3. The van der Waals surface area contributed by atoms with Crippen molar-refractivity contribution in [2.24, 2.45) is 0 Å². The highest BCUT2D eigenvalue weighted by atomic mass is 35.5. The third-order valence-corrected chi connectivity index (χ3v) is 4.93. The first-order valence-corrected chi connectivity index (χ1v) is 7.90. The first kappa shape index (κ1) is 17.6. The first-order valence-electron chi connectivity index (χ1n) is 5.82. The Balaban J connectivity index is 2.40. The number of H-pyrrole nitrogens is 1. The Hall–Kier alpha value is -1.76. The van der Waals surface area contributed by atoms with E-state index in [4.69, 9.17) is 34.2 Å². The van der Waals surface area contributed by atoms with Gasteiger partial charge >= 0.3 is 6.18 Å². The molecule has 3 N–H and O–H groups in total. The molecule has 0 spiro atoms. The van der Waals surface area contributed by atoms with Crippen LogP contribution in [0.25, 0.3) is 0 Å². The van der Waals surface area contributed by atoms with Gasteiger partial charge in [-0.25, -0.2) is 0 Å². The van der Waals surface area contributed by atoms with Gasteiger partial charge in [-0.3, -0.25) is 9.31 Å². The third kappa shape index (κ3) is 3.60. The largest absolute Gasteiger partial charge is 0.416 e. The fraction of sp³-hybridized carbons (Fsp3) is 0.167. The molecule has 0 saturated carbocycles. The van der Waals surface area contributed by atoms with Crippen molar-refractivity contribution < 1.29 is 17.4 Å². The SMILES string of the molecule is N#Cc1[nH]nc(N)c1S(=O)Cc1c(Cl)cc(C(F)(F)F)cc1Cl. The number of halogens is 5. The molecule has 0 fully saturated rings. The number of hydrogen-bond acceptors (Lipinski definition) is 4. The maximum atomic E-state index is 12.7. The highest BCUT2D eigenvalue weighted by molar-refractivity contribution is 7.84. The molecule has 1 atom stereocenters. The molecule has 2 aromatic rings. The van der Waals surface area contributed by atoms with Crippen molar-refractivity contribution in [1.82, 2.24) is 10.2 Å². The molecule has 0 radical (unpaired) electrons. The van der Waals surface area contributed by atoms with Gasteiger partial charge in [-0.15, -0.1) is 0 Å². The van der Waals surface area contributed by atoms with E-state index < -0.39 is 22.5 Å². The Morgan fingerprint density at radius 3 is 2.39 bits per heavy atom. The topological polar surface area (TPSA) is 95.6 Å². The number of nitrogen functional groups attached to an aromatic ring is 1. The second-order valence-corrected chi connectivity index (χ2v) is 6.53. The Bertz CT molecular complexity index is 806. The van der Waals surface area contributed by atoms with E-state index in [-0.39, 0.29) is 37.8 Å². The van der Waals surface area contributed by atoms with Crippen molar-refractivity contribution in [2.75, 3.05) is 5.73 Å². The normalized spacial score (nSPS) is 12.9. The van der Waals surface area contributed by atoms with Gasteiger partial charge in [-0.2, -0.15) is 23.5 Å². The third-order valence-electron chi connectivity index (χ3n) is 2.83. The van der Waals surface area contributed by atoms with E-state index in [1.807, 2.05) is 0 Å². The van der Waals surface area contributed by atoms with Crippen molar-refractivity contribution in [3.05, 3.63) is 39.0 Å². The lowest BCUT2D eigenvalue weighted by Crippen LogP contribution is -2.07. The van der Waals surface area contributed by atoms with Crippen LogP contribution >= 0.6 is 23.2 Å². The average molecular weight is 383 g/mol. The van der Waals surface area contributed by atoms with Gasteiger partial charge in [0.1, 0.15) is 11.0 Å². The number of aromatic amines is 1. The van der Waals surface area contributed by atoms with Crippen LogP contribution in [0.2, 0.25) is 10.0 Å². The van der Waals surface area contributed by atoms with Crippen LogP contribution in [0, 0.1) is 11.3 Å². The predicted molar refractivity (Wildman–Crippen MR) is 79.3 cm³/mol. The zero-order valence-corrected chi connectivity index (χ0v) is 13.4. The molecule has 0 aliphatic carbocycles. The zero-order chi connectivity index (χ0) is 17.4. The van der Waals surface area contributed by atoms with Crippen molar-refractivity contribution in [3.63, 3.8) is 0 Å². The Kier molecular flexibility index (Phi) is 4.89. The molecule has 11 heteroatoms. The minimum atomic E-state index is -4.60. The summed E-state index contributed by atoms with van der Waals surface area (Å²) >= 11 is 11.6. The lowest BCUT2D eigenvalue weighted by atomic mass is 10.1. The van der Waals surface area contributed by atoms with Gasteiger partial charge in [0.25, 0.3) is 0 Å².